The maximum atomic E-state index is 12.2. The summed E-state index contributed by atoms with van der Waals surface area (Å²) in [6.45, 7) is -0.631. The van der Waals surface area contributed by atoms with E-state index < -0.39 is 30.5 Å². The first kappa shape index (κ1) is 20.8. The maximum Gasteiger partial charge on any atom is 0.342 e. The number of fused-ring (bicyclic) bond motifs is 1. The van der Waals surface area contributed by atoms with Gasteiger partial charge in [0.15, 0.2) is 29.6 Å². The summed E-state index contributed by atoms with van der Waals surface area (Å²) < 4.78 is 26.2. The Morgan fingerprint density at radius 3 is 2.50 bits per heavy atom. The van der Waals surface area contributed by atoms with Crippen LogP contribution < -0.4 is 29.8 Å². The second kappa shape index (κ2) is 9.50. The van der Waals surface area contributed by atoms with Crippen LogP contribution in [0.2, 0.25) is 0 Å². The third-order valence-corrected chi connectivity index (χ3v) is 4.08. The SMILES string of the molecule is COc1cccc(C(=O)OCC(=O)NNC(=O)[C@@H]2COc3ccccc3O2)c1OC. The number of hydrogen-bond acceptors (Lipinski definition) is 8. The number of para-hydroxylation sites is 3. The van der Waals surface area contributed by atoms with Crippen molar-refractivity contribution >= 4 is 17.8 Å². The van der Waals surface area contributed by atoms with Crippen molar-refractivity contribution in [2.24, 2.45) is 0 Å². The van der Waals surface area contributed by atoms with Gasteiger partial charge in [0.25, 0.3) is 11.8 Å². The molecule has 30 heavy (non-hydrogen) atoms. The molecule has 158 valence electrons. The van der Waals surface area contributed by atoms with Crippen LogP contribution in [0.5, 0.6) is 23.0 Å². The Bertz CT molecular complexity index is 946. The molecule has 2 N–H and O–H groups in total. The van der Waals surface area contributed by atoms with Gasteiger partial charge in [0.05, 0.1) is 14.2 Å². The highest BCUT2D eigenvalue weighted by molar-refractivity contribution is 5.95. The number of ether oxygens (including phenoxy) is 5. The molecular formula is C20H20N2O8. The normalized spacial score (nSPS) is 14.3. The van der Waals surface area contributed by atoms with Crippen LogP contribution in [0.1, 0.15) is 10.4 Å². The van der Waals surface area contributed by atoms with Crippen molar-refractivity contribution in [3.63, 3.8) is 0 Å². The lowest BCUT2D eigenvalue weighted by molar-refractivity contribution is -0.135. The third-order valence-electron chi connectivity index (χ3n) is 4.08. The van der Waals surface area contributed by atoms with Gasteiger partial charge in [-0.3, -0.25) is 20.4 Å². The number of benzene rings is 2. The highest BCUT2D eigenvalue weighted by atomic mass is 16.6. The molecule has 0 fully saturated rings. The Hall–Kier alpha value is -3.95. The van der Waals surface area contributed by atoms with Gasteiger partial charge in [-0.25, -0.2) is 4.79 Å². The van der Waals surface area contributed by atoms with Crippen LogP contribution in [0.15, 0.2) is 42.5 Å². The van der Waals surface area contributed by atoms with Crippen LogP contribution in [0, 0.1) is 0 Å². The molecule has 0 spiro atoms. The minimum Gasteiger partial charge on any atom is -0.493 e. The molecule has 3 rings (SSSR count). The zero-order chi connectivity index (χ0) is 21.5. The predicted molar refractivity (Wildman–Crippen MR) is 102 cm³/mol. The molecule has 0 radical (unpaired) electrons. The first-order valence-corrected chi connectivity index (χ1v) is 8.88. The number of nitrogens with one attached hydrogen (secondary N) is 2. The quantitative estimate of drug-likeness (QED) is 0.525. The molecule has 1 aliphatic heterocycles. The number of esters is 1. The first-order chi connectivity index (χ1) is 14.5. The molecular weight excluding hydrogens is 396 g/mol. The summed E-state index contributed by atoms with van der Waals surface area (Å²) in [6.07, 6.45) is -0.941. The number of carbonyl (C=O) groups is 3. The third kappa shape index (κ3) is 4.72. The lowest BCUT2D eigenvalue weighted by atomic mass is 10.2. The van der Waals surface area contributed by atoms with E-state index in [0.29, 0.717) is 17.2 Å². The van der Waals surface area contributed by atoms with E-state index in [1.54, 1.807) is 36.4 Å². The fraction of sp³-hybridized carbons (Fsp3) is 0.250. The van der Waals surface area contributed by atoms with Gasteiger partial charge in [-0.2, -0.15) is 0 Å². The molecule has 0 saturated heterocycles. The van der Waals surface area contributed by atoms with E-state index >= 15 is 0 Å². The molecule has 0 bridgehead atoms. The van der Waals surface area contributed by atoms with E-state index in [2.05, 4.69) is 10.9 Å². The molecule has 2 aromatic carbocycles. The lowest BCUT2D eigenvalue weighted by Gasteiger charge is -2.25. The summed E-state index contributed by atoms with van der Waals surface area (Å²) in [5, 5.41) is 0. The number of amides is 2. The van der Waals surface area contributed by atoms with Gasteiger partial charge in [0, 0.05) is 0 Å². The van der Waals surface area contributed by atoms with Crippen molar-refractivity contribution in [2.75, 3.05) is 27.4 Å². The largest absolute Gasteiger partial charge is 0.493 e. The van der Waals surface area contributed by atoms with E-state index in [-0.39, 0.29) is 17.9 Å². The van der Waals surface area contributed by atoms with Crippen molar-refractivity contribution in [2.45, 2.75) is 6.10 Å². The summed E-state index contributed by atoms with van der Waals surface area (Å²) >= 11 is 0. The van der Waals surface area contributed by atoms with Gasteiger partial charge in [-0.1, -0.05) is 18.2 Å². The Labute approximate surface area is 172 Å². The Balaban J connectivity index is 1.47. The van der Waals surface area contributed by atoms with Crippen LogP contribution in [0.4, 0.5) is 0 Å². The monoisotopic (exact) mass is 416 g/mol. The van der Waals surface area contributed by atoms with E-state index in [9.17, 15) is 14.4 Å². The second-order valence-electron chi connectivity index (χ2n) is 6.02. The zero-order valence-electron chi connectivity index (χ0n) is 16.3. The first-order valence-electron chi connectivity index (χ1n) is 8.88. The molecule has 10 nitrogen and oxygen atoms in total. The molecule has 0 aliphatic carbocycles. The molecule has 2 aromatic rings. The summed E-state index contributed by atoms with van der Waals surface area (Å²) in [7, 11) is 2.81. The molecule has 0 aromatic heterocycles. The zero-order valence-corrected chi connectivity index (χ0v) is 16.3. The average Bonchev–Trinajstić information content (AvgIpc) is 2.79. The fourth-order valence-electron chi connectivity index (χ4n) is 2.65. The topological polar surface area (TPSA) is 121 Å². The van der Waals surface area contributed by atoms with Gasteiger partial charge >= 0.3 is 5.97 Å². The van der Waals surface area contributed by atoms with E-state index in [0.717, 1.165) is 0 Å². The van der Waals surface area contributed by atoms with Gasteiger partial charge in [-0.15, -0.1) is 0 Å². The Kier molecular flexibility index (Phi) is 6.58. The van der Waals surface area contributed by atoms with Crippen molar-refractivity contribution in [3.05, 3.63) is 48.0 Å². The van der Waals surface area contributed by atoms with Gasteiger partial charge < -0.3 is 23.7 Å². The smallest absolute Gasteiger partial charge is 0.342 e. The highest BCUT2D eigenvalue weighted by Crippen LogP contribution is 2.31. The average molecular weight is 416 g/mol. The minimum atomic E-state index is -0.941. The number of hydrazine groups is 1. The van der Waals surface area contributed by atoms with Crippen LogP contribution in [-0.4, -0.2) is 51.3 Å². The molecule has 1 aliphatic rings. The van der Waals surface area contributed by atoms with E-state index in [1.807, 2.05) is 0 Å². The van der Waals surface area contributed by atoms with E-state index in [4.69, 9.17) is 23.7 Å². The summed E-state index contributed by atoms with van der Waals surface area (Å²) in [5.74, 6) is -0.641. The second-order valence-corrected chi connectivity index (χ2v) is 6.02. The fourth-order valence-corrected chi connectivity index (χ4v) is 2.65. The minimum absolute atomic E-state index is 0.0106. The number of hydrogen-bond donors (Lipinski definition) is 2. The van der Waals surface area contributed by atoms with Crippen molar-refractivity contribution < 1.29 is 38.1 Å². The van der Waals surface area contributed by atoms with Crippen LogP contribution >= 0.6 is 0 Å². The standard InChI is InChI=1S/C20H20N2O8/c1-26-15-9-5-6-12(18(15)27-2)20(25)29-11-17(23)21-22-19(24)16-10-28-13-7-3-4-8-14(13)30-16/h3-9,16H,10-11H2,1-2H3,(H,21,23)(H,22,24)/t16-/m0/s1. The predicted octanol–water partition coefficient (Wildman–Crippen LogP) is 0.848. The van der Waals surface area contributed by atoms with Gasteiger partial charge in [-0.05, 0) is 24.3 Å². The van der Waals surface area contributed by atoms with Crippen LogP contribution in [0.25, 0.3) is 0 Å². The van der Waals surface area contributed by atoms with Crippen LogP contribution in [0.3, 0.4) is 0 Å². The molecule has 0 unspecified atom stereocenters. The van der Waals surface area contributed by atoms with E-state index in [1.165, 1.54) is 20.3 Å². The molecule has 10 heteroatoms. The van der Waals surface area contributed by atoms with Crippen molar-refractivity contribution in [3.8, 4) is 23.0 Å². The highest BCUT2D eigenvalue weighted by Gasteiger charge is 2.27. The number of carbonyl (C=O) groups excluding carboxylic acids is 3. The summed E-state index contributed by atoms with van der Waals surface area (Å²) in [5.41, 5.74) is 4.46. The van der Waals surface area contributed by atoms with Crippen LogP contribution in [-0.2, 0) is 14.3 Å². The van der Waals surface area contributed by atoms with Gasteiger partial charge in [0.1, 0.15) is 12.2 Å². The summed E-state index contributed by atoms with van der Waals surface area (Å²) in [4.78, 5) is 36.3. The molecule has 1 atom stereocenters. The van der Waals surface area contributed by atoms with Gasteiger partial charge in [0.2, 0.25) is 6.10 Å². The van der Waals surface area contributed by atoms with Crippen molar-refractivity contribution in [1.29, 1.82) is 0 Å². The molecule has 0 saturated carbocycles. The molecule has 1 heterocycles. The summed E-state index contributed by atoms with van der Waals surface area (Å²) in [6, 6.07) is 11.6. The number of rotatable bonds is 6. The lowest BCUT2D eigenvalue weighted by Crippen LogP contribution is -2.51. The Morgan fingerprint density at radius 2 is 1.77 bits per heavy atom. The Morgan fingerprint density at radius 1 is 1.00 bits per heavy atom. The molecule has 2 amide bonds. The van der Waals surface area contributed by atoms with Crippen molar-refractivity contribution in [1.82, 2.24) is 10.9 Å². The number of methoxy groups -OCH3 is 2. The maximum absolute atomic E-state index is 12.2.